The van der Waals surface area contributed by atoms with E-state index < -0.39 is 89.6 Å². The van der Waals surface area contributed by atoms with E-state index in [0.717, 1.165) is 0 Å². The lowest BCUT2D eigenvalue weighted by Gasteiger charge is -2.32. The van der Waals surface area contributed by atoms with Crippen molar-refractivity contribution in [3.05, 3.63) is 66.3 Å². The second kappa shape index (κ2) is 25.5. The maximum absolute atomic E-state index is 14.6. The van der Waals surface area contributed by atoms with Crippen molar-refractivity contribution in [1.29, 1.82) is 0 Å². The standard InChI is InChI=1S/C41H60N14O9.ClH/c1-4-22(2)33(54-34(57)23(3)50-35(58)28(42)16-25-18-45-20-48-25)38(61)52-30(15-24-9-11-27(56)12-10-24)39(62)55-14-6-8-32(55)37(60)51-29(7-5-13-47-41(43)44)36(59)53-31(40(63)64)17-26-19-46-21-49-26;/h9-12,18-23,28-33,56H,4-8,13-17,42H2,1-3H3,(H,45,48)(H,46,49)(H,50,58)(H,51,60)(H,52,61)(H,53,59)(H,54,57)(H,63,64)(H4,43,44,47);1H/t22-,23-,28-,29-,30-,31-,32-,33-;/m0./s1. The quantitative estimate of drug-likeness (QED) is 0.0269. The zero-order chi connectivity index (χ0) is 46.9. The zero-order valence-corrected chi connectivity index (χ0v) is 37.3. The minimum atomic E-state index is -1.37. The van der Waals surface area contributed by atoms with E-state index in [2.05, 4.69) is 51.5 Å². The van der Waals surface area contributed by atoms with Gasteiger partial charge in [0.2, 0.25) is 35.4 Å². The molecule has 1 saturated heterocycles. The van der Waals surface area contributed by atoms with Gasteiger partial charge in [-0.1, -0.05) is 32.4 Å². The Labute approximate surface area is 381 Å². The first-order valence-electron chi connectivity index (χ1n) is 21.1. The van der Waals surface area contributed by atoms with Crippen molar-refractivity contribution in [3.63, 3.8) is 0 Å². The fourth-order valence-electron chi connectivity index (χ4n) is 7.05. The summed E-state index contributed by atoms with van der Waals surface area (Å²) in [5.41, 5.74) is 18.6. The predicted octanol–water partition coefficient (Wildman–Crippen LogP) is -1.77. The molecule has 356 valence electrons. The van der Waals surface area contributed by atoms with Crippen LogP contribution in [0.3, 0.4) is 0 Å². The smallest absolute Gasteiger partial charge is 0.326 e. The Morgan fingerprint density at radius 2 is 1.46 bits per heavy atom. The predicted molar refractivity (Wildman–Crippen MR) is 239 cm³/mol. The minimum Gasteiger partial charge on any atom is -0.508 e. The number of hydrogen-bond acceptors (Lipinski definition) is 12. The molecular formula is C41H61ClN14O9. The van der Waals surface area contributed by atoms with Gasteiger partial charge in [-0.3, -0.25) is 33.8 Å². The summed E-state index contributed by atoms with van der Waals surface area (Å²) >= 11 is 0. The Balaban J connectivity index is 0.0000112. The molecule has 1 aliphatic heterocycles. The van der Waals surface area contributed by atoms with Gasteiger partial charge in [0.15, 0.2) is 5.96 Å². The van der Waals surface area contributed by atoms with Gasteiger partial charge in [-0.2, -0.15) is 0 Å². The number of aromatic nitrogens is 4. The average Bonchev–Trinajstić information content (AvgIpc) is 4.08. The number of likely N-dealkylation sites (tertiary alicyclic amines) is 1. The molecule has 1 aromatic carbocycles. The molecule has 0 aliphatic carbocycles. The van der Waals surface area contributed by atoms with E-state index in [4.69, 9.17) is 17.2 Å². The van der Waals surface area contributed by atoms with Crippen LogP contribution in [0.5, 0.6) is 5.75 Å². The van der Waals surface area contributed by atoms with Crippen LogP contribution < -0.4 is 43.8 Å². The number of carboxylic acid groups (broad SMARTS) is 1. The Morgan fingerprint density at radius 3 is 2.05 bits per heavy atom. The first-order valence-corrected chi connectivity index (χ1v) is 21.1. The van der Waals surface area contributed by atoms with Crippen LogP contribution in [-0.4, -0.2) is 138 Å². The molecule has 4 rings (SSSR count). The number of carbonyl (C=O) groups excluding carboxylic acids is 6. The monoisotopic (exact) mass is 928 g/mol. The normalized spacial score (nSPS) is 16.5. The third-order valence-corrected chi connectivity index (χ3v) is 10.9. The molecule has 0 unspecified atom stereocenters. The van der Waals surface area contributed by atoms with Crippen LogP contribution in [0.2, 0.25) is 0 Å². The van der Waals surface area contributed by atoms with E-state index in [9.17, 15) is 43.8 Å². The van der Waals surface area contributed by atoms with Gasteiger partial charge in [0.25, 0.3) is 0 Å². The number of nitrogens with zero attached hydrogens (tertiary/aromatic N) is 4. The summed E-state index contributed by atoms with van der Waals surface area (Å²) in [5, 5.41) is 33.1. The number of nitrogens with two attached hydrogens (primary N) is 3. The molecule has 1 fully saturated rings. The number of halogens is 1. The molecule has 6 amide bonds. The number of carbonyl (C=O) groups is 7. The summed E-state index contributed by atoms with van der Waals surface area (Å²) in [5.74, 6) is -6.04. The number of guanidine groups is 1. The van der Waals surface area contributed by atoms with Crippen molar-refractivity contribution in [1.82, 2.24) is 51.4 Å². The first kappa shape index (κ1) is 52.6. The van der Waals surface area contributed by atoms with Crippen molar-refractivity contribution in [2.24, 2.45) is 28.1 Å². The molecule has 24 heteroatoms. The van der Waals surface area contributed by atoms with E-state index in [1.807, 2.05) is 6.92 Å². The molecule has 0 saturated carbocycles. The van der Waals surface area contributed by atoms with Crippen molar-refractivity contribution in [2.75, 3.05) is 13.1 Å². The number of aliphatic imine (C=N–C) groups is 1. The van der Waals surface area contributed by atoms with Crippen molar-refractivity contribution in [2.45, 2.75) is 114 Å². The van der Waals surface area contributed by atoms with E-state index in [1.165, 1.54) is 49.0 Å². The molecule has 8 atom stereocenters. The Hall–Kier alpha value is -6.75. The molecule has 2 aromatic heterocycles. The Bertz CT molecular complexity index is 2070. The summed E-state index contributed by atoms with van der Waals surface area (Å²) in [4.78, 5) is 114. The molecule has 0 bridgehead atoms. The van der Waals surface area contributed by atoms with Gasteiger partial charge in [0, 0.05) is 56.1 Å². The van der Waals surface area contributed by atoms with E-state index in [0.29, 0.717) is 29.8 Å². The number of hydrogen-bond donors (Lipinski definition) is 12. The summed E-state index contributed by atoms with van der Waals surface area (Å²) < 4.78 is 0. The number of nitrogens with one attached hydrogen (secondary N) is 7. The third kappa shape index (κ3) is 16.1. The number of aliphatic carboxylic acids is 1. The van der Waals surface area contributed by atoms with Crippen LogP contribution in [0.4, 0.5) is 0 Å². The number of amides is 6. The number of aromatic hydroxyl groups is 1. The molecule has 23 nitrogen and oxygen atoms in total. The second-order valence-electron chi connectivity index (χ2n) is 15.8. The van der Waals surface area contributed by atoms with E-state index in [1.54, 1.807) is 19.1 Å². The van der Waals surface area contributed by atoms with Gasteiger partial charge in [-0.05, 0) is 56.2 Å². The van der Waals surface area contributed by atoms with Crippen LogP contribution in [-0.2, 0) is 52.8 Å². The Kier molecular flexibility index (Phi) is 20.6. The van der Waals surface area contributed by atoms with Gasteiger partial charge in [0.1, 0.15) is 42.0 Å². The number of aromatic amines is 2. The number of H-pyrrole nitrogens is 2. The van der Waals surface area contributed by atoms with E-state index >= 15 is 0 Å². The lowest BCUT2D eigenvalue weighted by molar-refractivity contribution is -0.143. The highest BCUT2D eigenvalue weighted by Gasteiger charge is 2.40. The Morgan fingerprint density at radius 1 is 0.831 bits per heavy atom. The maximum atomic E-state index is 14.6. The van der Waals surface area contributed by atoms with Crippen LogP contribution in [0, 0.1) is 5.92 Å². The molecule has 1 aliphatic rings. The number of benzene rings is 1. The summed E-state index contributed by atoms with van der Waals surface area (Å²) in [6, 6.07) is -2.24. The zero-order valence-electron chi connectivity index (χ0n) is 36.5. The SMILES string of the molecule is CC[C@H](C)[C@H](NC(=O)[C@H](C)NC(=O)[C@@H](N)Cc1cnc[nH]1)C(=O)N[C@@H](Cc1ccc(O)cc1)C(=O)N1CCC[C@H]1C(=O)N[C@@H](CCCN=C(N)N)C(=O)N[C@@H](Cc1cnc[nH]1)C(=O)O.Cl. The van der Waals surface area contributed by atoms with Gasteiger partial charge in [-0.25, -0.2) is 14.8 Å². The molecule has 15 N–H and O–H groups in total. The number of phenols is 1. The molecule has 3 heterocycles. The van der Waals surface area contributed by atoms with Gasteiger partial charge < -0.3 is 68.9 Å². The van der Waals surface area contributed by atoms with Gasteiger partial charge >= 0.3 is 5.97 Å². The number of rotatable bonds is 24. The summed E-state index contributed by atoms with van der Waals surface area (Å²) in [6.45, 7) is 5.24. The fraction of sp³-hybridized carbons (Fsp3) is 0.512. The average molecular weight is 929 g/mol. The fourth-order valence-corrected chi connectivity index (χ4v) is 7.05. The summed E-state index contributed by atoms with van der Waals surface area (Å²) in [7, 11) is 0. The number of imidazole rings is 2. The van der Waals surface area contributed by atoms with Crippen molar-refractivity contribution in [3.8, 4) is 5.75 Å². The van der Waals surface area contributed by atoms with Gasteiger partial charge in [0.05, 0.1) is 18.7 Å². The summed E-state index contributed by atoms with van der Waals surface area (Å²) in [6.07, 6.45) is 7.01. The minimum absolute atomic E-state index is 0. The number of phenolic OH excluding ortho intramolecular Hbond substituents is 1. The second-order valence-corrected chi connectivity index (χ2v) is 15.8. The topological polar surface area (TPSA) is 371 Å². The molecule has 65 heavy (non-hydrogen) atoms. The van der Waals surface area contributed by atoms with Crippen LogP contribution in [0.25, 0.3) is 0 Å². The highest BCUT2D eigenvalue weighted by molar-refractivity contribution is 5.97. The van der Waals surface area contributed by atoms with Crippen LogP contribution >= 0.6 is 12.4 Å². The maximum Gasteiger partial charge on any atom is 0.326 e. The molecule has 0 radical (unpaired) electrons. The number of carboxylic acids is 1. The lowest BCUT2D eigenvalue weighted by atomic mass is 9.96. The van der Waals surface area contributed by atoms with Crippen molar-refractivity contribution >= 4 is 59.8 Å². The van der Waals surface area contributed by atoms with E-state index in [-0.39, 0.29) is 75.7 Å². The lowest BCUT2D eigenvalue weighted by Crippen LogP contribution is -2.60. The van der Waals surface area contributed by atoms with Crippen molar-refractivity contribution < 1.29 is 43.8 Å². The molecular weight excluding hydrogens is 868 g/mol. The first-order chi connectivity index (χ1) is 30.5. The highest BCUT2D eigenvalue weighted by atomic mass is 35.5. The molecule has 3 aromatic rings. The highest BCUT2D eigenvalue weighted by Crippen LogP contribution is 2.22. The van der Waals surface area contributed by atoms with Gasteiger partial charge in [-0.15, -0.1) is 12.4 Å². The third-order valence-electron chi connectivity index (χ3n) is 10.9. The largest absolute Gasteiger partial charge is 0.508 e. The van der Waals surface area contributed by atoms with Crippen LogP contribution in [0.15, 0.2) is 54.3 Å². The van der Waals surface area contributed by atoms with Crippen LogP contribution in [0.1, 0.15) is 69.8 Å². The molecule has 0 spiro atoms.